The maximum atomic E-state index is 8.43. The molecule has 0 aromatic carbocycles. The lowest BCUT2D eigenvalue weighted by Gasteiger charge is -2.17. The van der Waals surface area contributed by atoms with E-state index in [1.807, 2.05) is 6.07 Å². The van der Waals surface area contributed by atoms with Crippen molar-refractivity contribution in [2.75, 3.05) is 31.1 Å². The molecule has 76 valence electrons. The standard InChI is InChI=1S/C9H17ClN2S/c1-3-12(4-2)5-6-13-8-9(10)7-11/h9H,3-6,8H2,1-2H3. The van der Waals surface area contributed by atoms with Crippen LogP contribution >= 0.6 is 23.4 Å². The van der Waals surface area contributed by atoms with Crippen LogP contribution in [0, 0.1) is 11.3 Å². The highest BCUT2D eigenvalue weighted by Gasteiger charge is 2.02. The molecule has 0 aliphatic carbocycles. The van der Waals surface area contributed by atoms with Crippen molar-refractivity contribution in [2.45, 2.75) is 19.2 Å². The van der Waals surface area contributed by atoms with Crippen molar-refractivity contribution in [3.8, 4) is 6.07 Å². The zero-order valence-corrected chi connectivity index (χ0v) is 9.87. The summed E-state index contributed by atoms with van der Waals surface area (Å²) in [5, 5.41) is 8.10. The fourth-order valence-electron chi connectivity index (χ4n) is 0.958. The van der Waals surface area contributed by atoms with Gasteiger partial charge in [-0.15, -0.1) is 11.6 Å². The van der Waals surface area contributed by atoms with E-state index in [0.29, 0.717) is 0 Å². The van der Waals surface area contributed by atoms with Crippen molar-refractivity contribution in [1.29, 1.82) is 5.26 Å². The second kappa shape index (κ2) is 8.68. The van der Waals surface area contributed by atoms with Gasteiger partial charge in [-0.05, 0) is 13.1 Å². The number of nitrogens with zero attached hydrogens (tertiary/aromatic N) is 2. The summed E-state index contributed by atoms with van der Waals surface area (Å²) in [6.45, 7) is 7.60. The molecule has 1 atom stereocenters. The van der Waals surface area contributed by atoms with Crippen LogP contribution in [0.3, 0.4) is 0 Å². The first kappa shape index (κ1) is 13.1. The Labute approximate surface area is 90.2 Å². The Kier molecular flexibility index (Phi) is 8.74. The highest BCUT2D eigenvalue weighted by Crippen LogP contribution is 2.07. The van der Waals surface area contributed by atoms with Gasteiger partial charge >= 0.3 is 0 Å². The van der Waals surface area contributed by atoms with Crippen molar-refractivity contribution in [1.82, 2.24) is 4.90 Å². The van der Waals surface area contributed by atoms with Gasteiger partial charge in [-0.3, -0.25) is 0 Å². The molecule has 2 nitrogen and oxygen atoms in total. The molecule has 0 rings (SSSR count). The highest BCUT2D eigenvalue weighted by atomic mass is 35.5. The summed E-state index contributed by atoms with van der Waals surface area (Å²) in [5.74, 6) is 1.80. The van der Waals surface area contributed by atoms with Crippen LogP contribution in [-0.2, 0) is 0 Å². The van der Waals surface area contributed by atoms with Crippen LogP contribution in [0.2, 0.25) is 0 Å². The molecule has 13 heavy (non-hydrogen) atoms. The SMILES string of the molecule is CCN(CC)CCSCC(Cl)C#N. The summed E-state index contributed by atoms with van der Waals surface area (Å²) in [6, 6.07) is 2.01. The molecule has 0 aliphatic rings. The van der Waals surface area contributed by atoms with E-state index in [1.165, 1.54) is 0 Å². The van der Waals surface area contributed by atoms with Crippen molar-refractivity contribution >= 4 is 23.4 Å². The zero-order chi connectivity index (χ0) is 10.1. The number of halogens is 1. The molecule has 0 heterocycles. The Bertz CT molecular complexity index is 154. The molecular weight excluding hydrogens is 204 g/mol. The Morgan fingerprint density at radius 3 is 2.54 bits per heavy atom. The lowest BCUT2D eigenvalue weighted by molar-refractivity contribution is 0.324. The summed E-state index contributed by atoms with van der Waals surface area (Å²) >= 11 is 7.40. The van der Waals surface area contributed by atoms with Gasteiger partial charge in [-0.1, -0.05) is 13.8 Å². The molecule has 4 heteroatoms. The van der Waals surface area contributed by atoms with Gasteiger partial charge in [0.1, 0.15) is 5.38 Å². The largest absolute Gasteiger partial charge is 0.303 e. The van der Waals surface area contributed by atoms with Crippen molar-refractivity contribution in [3.05, 3.63) is 0 Å². The molecule has 0 aliphatic heterocycles. The molecule has 0 aromatic heterocycles. The van der Waals surface area contributed by atoms with Crippen LogP contribution in [0.5, 0.6) is 0 Å². The molecule has 1 unspecified atom stereocenters. The number of alkyl halides is 1. The number of hydrogen-bond acceptors (Lipinski definition) is 3. The Morgan fingerprint density at radius 1 is 1.46 bits per heavy atom. The number of thioether (sulfide) groups is 1. The molecular formula is C9H17ClN2S. The summed E-state index contributed by atoms with van der Waals surface area (Å²) in [6.07, 6.45) is 0. The predicted octanol–water partition coefficient (Wildman–Crippen LogP) is 2.19. The molecule has 0 amide bonds. The zero-order valence-electron chi connectivity index (χ0n) is 8.29. The maximum Gasteiger partial charge on any atom is 0.129 e. The van der Waals surface area contributed by atoms with Crippen molar-refractivity contribution < 1.29 is 0 Å². The summed E-state index contributed by atoms with van der Waals surface area (Å²) in [5.41, 5.74) is 0. The second-order valence-electron chi connectivity index (χ2n) is 2.70. The second-order valence-corrected chi connectivity index (χ2v) is 4.38. The predicted molar refractivity (Wildman–Crippen MR) is 60.4 cm³/mol. The van der Waals surface area contributed by atoms with Crippen LogP contribution in [0.15, 0.2) is 0 Å². The van der Waals surface area contributed by atoms with Crippen LogP contribution in [0.1, 0.15) is 13.8 Å². The number of nitriles is 1. The van der Waals surface area contributed by atoms with Gasteiger partial charge in [0, 0.05) is 18.1 Å². The van der Waals surface area contributed by atoms with Gasteiger partial charge in [-0.25, -0.2) is 0 Å². The van der Waals surface area contributed by atoms with Crippen LogP contribution < -0.4 is 0 Å². The fourth-order valence-corrected chi connectivity index (χ4v) is 2.06. The smallest absolute Gasteiger partial charge is 0.129 e. The molecule has 0 spiro atoms. The molecule has 0 radical (unpaired) electrons. The van der Waals surface area contributed by atoms with Gasteiger partial charge in [0.15, 0.2) is 0 Å². The van der Waals surface area contributed by atoms with E-state index in [4.69, 9.17) is 16.9 Å². The van der Waals surface area contributed by atoms with Crippen LogP contribution in [0.4, 0.5) is 0 Å². The Balaban J connectivity index is 3.30. The Hall–Kier alpha value is 0.0900. The summed E-state index contributed by atoms with van der Waals surface area (Å²) < 4.78 is 0. The van der Waals surface area contributed by atoms with E-state index < -0.39 is 0 Å². The van der Waals surface area contributed by atoms with Crippen LogP contribution in [0.25, 0.3) is 0 Å². The van der Waals surface area contributed by atoms with E-state index in [0.717, 1.165) is 31.1 Å². The van der Waals surface area contributed by atoms with Gasteiger partial charge in [0.05, 0.1) is 6.07 Å². The summed E-state index contributed by atoms with van der Waals surface area (Å²) in [7, 11) is 0. The molecule has 0 fully saturated rings. The third-order valence-electron chi connectivity index (χ3n) is 1.85. The molecule has 0 bridgehead atoms. The van der Waals surface area contributed by atoms with E-state index >= 15 is 0 Å². The summed E-state index contributed by atoms with van der Waals surface area (Å²) in [4.78, 5) is 2.36. The quantitative estimate of drug-likeness (QED) is 0.486. The number of hydrogen-bond donors (Lipinski definition) is 0. The topological polar surface area (TPSA) is 27.0 Å². The maximum absolute atomic E-state index is 8.43. The van der Waals surface area contributed by atoms with E-state index in [2.05, 4.69) is 18.7 Å². The first-order valence-corrected chi connectivity index (χ1v) is 6.17. The minimum atomic E-state index is -0.332. The monoisotopic (exact) mass is 220 g/mol. The first-order chi connectivity index (χ1) is 6.24. The molecule has 0 aromatic rings. The van der Waals surface area contributed by atoms with E-state index in [-0.39, 0.29) is 5.38 Å². The average molecular weight is 221 g/mol. The van der Waals surface area contributed by atoms with E-state index in [1.54, 1.807) is 11.8 Å². The fraction of sp³-hybridized carbons (Fsp3) is 0.889. The third-order valence-corrected chi connectivity index (χ3v) is 3.33. The average Bonchev–Trinajstić information content (AvgIpc) is 2.18. The van der Waals surface area contributed by atoms with Gasteiger partial charge in [-0.2, -0.15) is 17.0 Å². The lowest BCUT2D eigenvalue weighted by Crippen LogP contribution is -2.25. The van der Waals surface area contributed by atoms with Crippen molar-refractivity contribution in [2.24, 2.45) is 0 Å². The Morgan fingerprint density at radius 2 is 2.08 bits per heavy atom. The molecule has 0 saturated carbocycles. The molecule has 0 saturated heterocycles. The molecule has 0 N–H and O–H groups in total. The number of rotatable bonds is 7. The van der Waals surface area contributed by atoms with Gasteiger partial charge in [0.2, 0.25) is 0 Å². The minimum Gasteiger partial charge on any atom is -0.303 e. The van der Waals surface area contributed by atoms with E-state index in [9.17, 15) is 0 Å². The third kappa shape index (κ3) is 7.18. The van der Waals surface area contributed by atoms with Gasteiger partial charge in [0.25, 0.3) is 0 Å². The first-order valence-electron chi connectivity index (χ1n) is 4.58. The van der Waals surface area contributed by atoms with Gasteiger partial charge < -0.3 is 4.90 Å². The lowest BCUT2D eigenvalue weighted by atomic mass is 10.5. The minimum absolute atomic E-state index is 0.332. The normalized spacial score (nSPS) is 12.8. The highest BCUT2D eigenvalue weighted by molar-refractivity contribution is 7.99. The van der Waals surface area contributed by atoms with Crippen LogP contribution in [-0.4, -0.2) is 41.4 Å². The van der Waals surface area contributed by atoms with Crippen molar-refractivity contribution in [3.63, 3.8) is 0 Å².